The number of pyridine rings is 1. The highest BCUT2D eigenvalue weighted by atomic mass is 79.9. The normalized spacial score (nSPS) is 18.9. The Hall–Kier alpha value is -1.43. The van der Waals surface area contributed by atoms with Crippen LogP contribution >= 0.6 is 15.9 Å². The van der Waals surface area contributed by atoms with E-state index in [1.807, 2.05) is 0 Å². The Labute approximate surface area is 126 Å². The quantitative estimate of drug-likeness (QED) is 0.914. The van der Waals surface area contributed by atoms with Gasteiger partial charge < -0.3 is 10.0 Å². The summed E-state index contributed by atoms with van der Waals surface area (Å²) in [4.78, 5) is 28.8. The van der Waals surface area contributed by atoms with Crippen LogP contribution in [0, 0.1) is 5.92 Å². The molecule has 0 aromatic carbocycles. The smallest absolute Gasteiger partial charge is 0.303 e. The summed E-state index contributed by atoms with van der Waals surface area (Å²) in [5, 5.41) is 8.73. The highest BCUT2D eigenvalue weighted by molar-refractivity contribution is 9.10. The van der Waals surface area contributed by atoms with Crippen molar-refractivity contribution in [1.29, 1.82) is 0 Å². The van der Waals surface area contributed by atoms with Crippen molar-refractivity contribution in [3.05, 3.63) is 28.5 Å². The number of amides is 1. The largest absolute Gasteiger partial charge is 0.481 e. The highest BCUT2D eigenvalue weighted by Crippen LogP contribution is 2.22. The Morgan fingerprint density at radius 3 is 2.90 bits per heavy atom. The van der Waals surface area contributed by atoms with Crippen molar-refractivity contribution in [2.75, 3.05) is 13.1 Å². The van der Waals surface area contributed by atoms with E-state index in [1.54, 1.807) is 23.2 Å². The molecule has 1 aromatic rings. The van der Waals surface area contributed by atoms with E-state index >= 15 is 0 Å². The maximum absolute atomic E-state index is 12.3. The van der Waals surface area contributed by atoms with Crippen molar-refractivity contribution in [2.24, 2.45) is 5.92 Å². The molecule has 1 amide bonds. The van der Waals surface area contributed by atoms with Crippen LogP contribution in [-0.2, 0) is 4.79 Å². The zero-order valence-electron chi connectivity index (χ0n) is 11.1. The zero-order chi connectivity index (χ0) is 14.5. The van der Waals surface area contributed by atoms with E-state index in [1.165, 1.54) is 0 Å². The minimum Gasteiger partial charge on any atom is -0.481 e. The van der Waals surface area contributed by atoms with Gasteiger partial charge in [-0.15, -0.1) is 0 Å². The Kier molecular flexibility index (Phi) is 5.11. The molecule has 5 nitrogen and oxygen atoms in total. The molecule has 1 aliphatic heterocycles. The number of rotatable bonds is 4. The Bertz CT molecular complexity index is 490. The number of piperidine rings is 1. The Morgan fingerprint density at radius 1 is 1.45 bits per heavy atom. The molecule has 1 aromatic heterocycles. The van der Waals surface area contributed by atoms with Gasteiger partial charge >= 0.3 is 5.97 Å². The molecule has 0 spiro atoms. The number of carbonyl (C=O) groups is 2. The molecule has 0 bridgehead atoms. The second-order valence-corrected chi connectivity index (χ2v) is 5.97. The third-order valence-corrected chi connectivity index (χ3v) is 3.99. The van der Waals surface area contributed by atoms with Crippen LogP contribution < -0.4 is 0 Å². The summed E-state index contributed by atoms with van der Waals surface area (Å²) in [5.74, 6) is -0.570. The highest BCUT2D eigenvalue weighted by Gasteiger charge is 2.25. The molecule has 2 rings (SSSR count). The van der Waals surface area contributed by atoms with Gasteiger partial charge in [0, 0.05) is 30.2 Å². The van der Waals surface area contributed by atoms with Gasteiger partial charge in [-0.1, -0.05) is 0 Å². The fourth-order valence-corrected chi connectivity index (χ4v) is 2.71. The predicted octanol–water partition coefficient (Wildman–Crippen LogP) is 2.56. The Balaban J connectivity index is 1.96. The van der Waals surface area contributed by atoms with Gasteiger partial charge in [-0.05, 0) is 53.2 Å². The van der Waals surface area contributed by atoms with Crippen LogP contribution in [0.25, 0.3) is 0 Å². The van der Waals surface area contributed by atoms with Gasteiger partial charge in [0.1, 0.15) is 5.69 Å². The predicted molar refractivity (Wildman–Crippen MR) is 77.4 cm³/mol. The van der Waals surface area contributed by atoms with Gasteiger partial charge in [0.2, 0.25) is 0 Å². The average Bonchev–Trinajstić information content (AvgIpc) is 2.45. The lowest BCUT2D eigenvalue weighted by atomic mass is 9.93. The first-order valence-corrected chi connectivity index (χ1v) is 7.48. The molecule has 1 fully saturated rings. The molecule has 0 aliphatic carbocycles. The summed E-state index contributed by atoms with van der Waals surface area (Å²) in [5.41, 5.74) is 0.437. The summed E-state index contributed by atoms with van der Waals surface area (Å²) in [6, 6.07) is 3.50. The summed E-state index contributed by atoms with van der Waals surface area (Å²) in [6.07, 6.45) is 4.33. The van der Waals surface area contributed by atoms with Gasteiger partial charge in [-0.25, -0.2) is 4.98 Å². The van der Waals surface area contributed by atoms with Crippen LogP contribution in [0.4, 0.5) is 0 Å². The molecule has 0 unspecified atom stereocenters. The molecule has 2 heterocycles. The van der Waals surface area contributed by atoms with E-state index < -0.39 is 5.97 Å². The average molecular weight is 341 g/mol. The van der Waals surface area contributed by atoms with Crippen LogP contribution in [0.15, 0.2) is 22.8 Å². The number of hydrogen-bond acceptors (Lipinski definition) is 3. The molecule has 20 heavy (non-hydrogen) atoms. The summed E-state index contributed by atoms with van der Waals surface area (Å²) in [6.45, 7) is 1.35. The number of likely N-dealkylation sites (tertiary alicyclic amines) is 1. The fraction of sp³-hybridized carbons (Fsp3) is 0.500. The first kappa shape index (κ1) is 15.0. The number of aliphatic carboxylic acids is 1. The SMILES string of the molecule is O=C(O)CC[C@H]1CCCN(C(=O)c2ccc(Br)cn2)C1. The van der Waals surface area contributed by atoms with Crippen LogP contribution in [0.2, 0.25) is 0 Å². The maximum Gasteiger partial charge on any atom is 0.303 e. The van der Waals surface area contributed by atoms with Crippen molar-refractivity contribution in [3.63, 3.8) is 0 Å². The second kappa shape index (κ2) is 6.83. The molecule has 1 aliphatic rings. The lowest BCUT2D eigenvalue weighted by Gasteiger charge is -2.32. The minimum absolute atomic E-state index is 0.0717. The first-order valence-electron chi connectivity index (χ1n) is 6.69. The minimum atomic E-state index is -0.775. The van der Waals surface area contributed by atoms with Gasteiger partial charge in [0.15, 0.2) is 0 Å². The molecule has 0 saturated carbocycles. The van der Waals surface area contributed by atoms with E-state index in [0.29, 0.717) is 18.7 Å². The zero-order valence-corrected chi connectivity index (χ0v) is 12.7. The second-order valence-electron chi connectivity index (χ2n) is 5.05. The summed E-state index contributed by atoms with van der Waals surface area (Å²) >= 11 is 3.29. The van der Waals surface area contributed by atoms with Crippen molar-refractivity contribution < 1.29 is 14.7 Å². The van der Waals surface area contributed by atoms with E-state index in [-0.39, 0.29) is 18.2 Å². The molecular formula is C14H17BrN2O3. The maximum atomic E-state index is 12.3. The molecule has 108 valence electrons. The van der Waals surface area contributed by atoms with Crippen LogP contribution in [0.5, 0.6) is 0 Å². The van der Waals surface area contributed by atoms with Gasteiger partial charge in [0.25, 0.3) is 5.91 Å². The van der Waals surface area contributed by atoms with Crippen LogP contribution in [0.1, 0.15) is 36.2 Å². The van der Waals surface area contributed by atoms with Crippen molar-refractivity contribution in [2.45, 2.75) is 25.7 Å². The summed E-state index contributed by atoms with van der Waals surface area (Å²) < 4.78 is 0.840. The first-order chi connectivity index (χ1) is 9.56. The third-order valence-electron chi connectivity index (χ3n) is 3.52. The van der Waals surface area contributed by atoms with E-state index in [9.17, 15) is 9.59 Å². The van der Waals surface area contributed by atoms with Crippen molar-refractivity contribution >= 4 is 27.8 Å². The molecule has 0 radical (unpaired) electrons. The number of carboxylic acids is 1. The lowest BCUT2D eigenvalue weighted by Crippen LogP contribution is -2.40. The molecule has 1 N–H and O–H groups in total. The number of hydrogen-bond donors (Lipinski definition) is 1. The van der Waals surface area contributed by atoms with Gasteiger partial charge in [-0.3, -0.25) is 9.59 Å². The van der Waals surface area contributed by atoms with E-state index in [4.69, 9.17) is 5.11 Å². The summed E-state index contributed by atoms with van der Waals surface area (Å²) in [7, 11) is 0. The number of carboxylic acid groups (broad SMARTS) is 1. The van der Waals surface area contributed by atoms with Gasteiger partial charge in [0.05, 0.1) is 0 Å². The van der Waals surface area contributed by atoms with Crippen molar-refractivity contribution in [1.82, 2.24) is 9.88 Å². The number of nitrogens with zero attached hydrogens (tertiary/aromatic N) is 2. The van der Waals surface area contributed by atoms with Crippen LogP contribution in [-0.4, -0.2) is 40.0 Å². The monoisotopic (exact) mass is 340 g/mol. The van der Waals surface area contributed by atoms with Gasteiger partial charge in [-0.2, -0.15) is 0 Å². The standard InChI is InChI=1S/C14H17BrN2O3/c15-11-4-5-12(16-8-11)14(20)17-7-1-2-10(9-17)3-6-13(18)19/h4-5,8,10H,1-3,6-7,9H2,(H,18,19)/t10-/m1/s1. The number of aromatic nitrogens is 1. The molecule has 1 atom stereocenters. The van der Waals surface area contributed by atoms with E-state index in [2.05, 4.69) is 20.9 Å². The Morgan fingerprint density at radius 2 is 2.25 bits per heavy atom. The number of carbonyl (C=O) groups excluding carboxylic acids is 1. The fourth-order valence-electron chi connectivity index (χ4n) is 2.48. The van der Waals surface area contributed by atoms with E-state index in [0.717, 1.165) is 23.9 Å². The molecule has 6 heteroatoms. The lowest BCUT2D eigenvalue weighted by molar-refractivity contribution is -0.137. The number of halogens is 1. The van der Waals surface area contributed by atoms with Crippen LogP contribution in [0.3, 0.4) is 0 Å². The topological polar surface area (TPSA) is 70.5 Å². The molecular weight excluding hydrogens is 324 g/mol. The third kappa shape index (κ3) is 4.03. The van der Waals surface area contributed by atoms with Crippen molar-refractivity contribution in [3.8, 4) is 0 Å². The molecule has 1 saturated heterocycles.